The number of fused-ring (bicyclic) bond motifs is 1. The van der Waals surface area contributed by atoms with Crippen LogP contribution in [0.25, 0.3) is 11.5 Å². The average molecular weight is 308 g/mol. The van der Waals surface area contributed by atoms with Crippen LogP contribution in [0.4, 0.5) is 5.82 Å². The van der Waals surface area contributed by atoms with Crippen molar-refractivity contribution in [3.05, 3.63) is 35.1 Å². The van der Waals surface area contributed by atoms with Gasteiger partial charge in [0.2, 0.25) is 0 Å². The van der Waals surface area contributed by atoms with Crippen molar-refractivity contribution in [1.82, 2.24) is 0 Å². The lowest BCUT2D eigenvalue weighted by Crippen LogP contribution is -2.36. The Kier molecular flexibility index (Phi) is 3.78. The normalized spacial score (nSPS) is 17.6. The van der Waals surface area contributed by atoms with Gasteiger partial charge in [0.15, 0.2) is 11.5 Å². The molecule has 1 aliphatic heterocycles. The smallest absolute Gasteiger partial charge is 0.293 e. The zero-order valence-electron chi connectivity index (χ0n) is 13.4. The maximum Gasteiger partial charge on any atom is 0.293 e. The summed E-state index contributed by atoms with van der Waals surface area (Å²) in [6.07, 6.45) is 9.78. The Labute approximate surface area is 136 Å². The summed E-state index contributed by atoms with van der Waals surface area (Å²) in [5.74, 6) is 1.88. The number of furan rings is 1. The molecule has 1 saturated heterocycles. The number of hydrogen-bond acceptors (Lipinski definition) is 3. The number of nitrogens with zero attached hydrogens (tertiary/aromatic N) is 2. The molecule has 23 heavy (non-hydrogen) atoms. The Bertz CT molecular complexity index is 737. The van der Waals surface area contributed by atoms with E-state index in [9.17, 15) is 5.26 Å². The third-order valence-electron chi connectivity index (χ3n) is 5.10. The Balaban J connectivity index is 1.91. The highest BCUT2D eigenvalue weighted by atomic mass is 16.3. The lowest BCUT2D eigenvalue weighted by Gasteiger charge is -2.25. The molecule has 4 rings (SSSR count). The highest BCUT2D eigenvalue weighted by Gasteiger charge is 2.31. The zero-order chi connectivity index (χ0) is 15.6. The van der Waals surface area contributed by atoms with Crippen LogP contribution in [0, 0.1) is 11.3 Å². The van der Waals surface area contributed by atoms with Gasteiger partial charge in [-0.05, 0) is 62.6 Å². The van der Waals surface area contributed by atoms with Crippen molar-refractivity contribution in [2.24, 2.45) is 0 Å². The first-order valence-electron chi connectivity index (χ1n) is 8.68. The predicted octanol–water partition coefficient (Wildman–Crippen LogP) is 3.50. The lowest BCUT2D eigenvalue weighted by atomic mass is 9.87. The van der Waals surface area contributed by atoms with Gasteiger partial charge >= 0.3 is 0 Å². The highest BCUT2D eigenvalue weighted by molar-refractivity contribution is 5.65. The van der Waals surface area contributed by atoms with Gasteiger partial charge in [0.05, 0.1) is 19.4 Å². The van der Waals surface area contributed by atoms with Crippen LogP contribution in [0.1, 0.15) is 48.8 Å². The molecule has 0 bridgehead atoms. The molecule has 1 N–H and O–H groups in total. The summed E-state index contributed by atoms with van der Waals surface area (Å²) in [7, 11) is 0. The van der Waals surface area contributed by atoms with E-state index in [4.69, 9.17) is 4.42 Å². The van der Waals surface area contributed by atoms with Gasteiger partial charge in [0.1, 0.15) is 11.6 Å². The molecule has 0 aromatic carbocycles. The Hall–Kier alpha value is -2.28. The van der Waals surface area contributed by atoms with Crippen molar-refractivity contribution in [2.45, 2.75) is 44.9 Å². The topological polar surface area (TPSA) is 54.3 Å². The van der Waals surface area contributed by atoms with Crippen LogP contribution in [0.15, 0.2) is 22.8 Å². The number of rotatable bonds is 2. The number of nitrogens with one attached hydrogen (secondary N) is 1. The summed E-state index contributed by atoms with van der Waals surface area (Å²) in [4.78, 5) is 5.92. The second kappa shape index (κ2) is 6.08. The second-order valence-corrected chi connectivity index (χ2v) is 6.52. The monoisotopic (exact) mass is 308 g/mol. The number of piperidine rings is 1. The summed E-state index contributed by atoms with van der Waals surface area (Å²) in [6, 6.07) is 6.42. The molecule has 4 heteroatoms. The molecule has 118 valence electrons. The van der Waals surface area contributed by atoms with Gasteiger partial charge in [-0.15, -0.1) is 0 Å². The van der Waals surface area contributed by atoms with Crippen LogP contribution in [-0.4, -0.2) is 13.1 Å². The number of nitriles is 1. The van der Waals surface area contributed by atoms with Crippen molar-refractivity contribution >= 4 is 5.82 Å². The van der Waals surface area contributed by atoms with Gasteiger partial charge in [0, 0.05) is 5.56 Å². The summed E-state index contributed by atoms with van der Waals surface area (Å²) < 4.78 is 5.67. The second-order valence-electron chi connectivity index (χ2n) is 6.52. The quantitative estimate of drug-likeness (QED) is 0.853. The molecule has 2 aliphatic rings. The first-order valence-corrected chi connectivity index (χ1v) is 8.68. The molecule has 3 heterocycles. The van der Waals surface area contributed by atoms with Crippen LogP contribution < -0.4 is 9.88 Å². The molecule has 2 aromatic rings. The minimum absolute atomic E-state index is 0.858. The molecule has 0 amide bonds. The van der Waals surface area contributed by atoms with Crippen LogP contribution in [0.5, 0.6) is 0 Å². The fourth-order valence-electron chi connectivity index (χ4n) is 3.96. The summed E-state index contributed by atoms with van der Waals surface area (Å²) in [6.45, 7) is 2.06. The molecule has 2 aromatic heterocycles. The molecule has 0 radical (unpaired) electrons. The Morgan fingerprint density at radius 1 is 1.04 bits per heavy atom. The molecule has 0 atom stereocenters. The van der Waals surface area contributed by atoms with Gasteiger partial charge in [-0.2, -0.15) is 5.26 Å². The highest BCUT2D eigenvalue weighted by Crippen LogP contribution is 2.34. The average Bonchev–Trinajstić information content (AvgIpc) is 3.15. The maximum absolute atomic E-state index is 9.81. The van der Waals surface area contributed by atoms with Crippen molar-refractivity contribution < 1.29 is 9.40 Å². The summed E-state index contributed by atoms with van der Waals surface area (Å²) in [5, 5.41) is 9.81. The van der Waals surface area contributed by atoms with E-state index < -0.39 is 0 Å². The van der Waals surface area contributed by atoms with E-state index in [0.717, 1.165) is 48.8 Å². The van der Waals surface area contributed by atoms with Crippen LogP contribution in [-0.2, 0) is 12.8 Å². The fourth-order valence-corrected chi connectivity index (χ4v) is 3.96. The van der Waals surface area contributed by atoms with E-state index in [1.54, 1.807) is 6.26 Å². The number of anilines is 1. The molecule has 1 fully saturated rings. The van der Waals surface area contributed by atoms with Gasteiger partial charge in [-0.1, -0.05) is 0 Å². The first-order chi connectivity index (χ1) is 11.4. The molecule has 0 saturated carbocycles. The number of aromatic nitrogens is 1. The molecular weight excluding hydrogens is 286 g/mol. The number of H-pyrrole nitrogens is 1. The summed E-state index contributed by atoms with van der Waals surface area (Å²) >= 11 is 0. The van der Waals surface area contributed by atoms with Crippen molar-refractivity contribution in [1.29, 1.82) is 5.26 Å². The van der Waals surface area contributed by atoms with Crippen molar-refractivity contribution in [3.63, 3.8) is 0 Å². The molecular formula is C19H22N3O+. The van der Waals surface area contributed by atoms with E-state index >= 15 is 0 Å². The first kappa shape index (κ1) is 14.3. The zero-order valence-corrected chi connectivity index (χ0v) is 13.4. The minimum Gasteiger partial charge on any atom is -0.461 e. The lowest BCUT2D eigenvalue weighted by molar-refractivity contribution is -0.353. The van der Waals surface area contributed by atoms with Crippen molar-refractivity contribution in [2.75, 3.05) is 18.0 Å². The molecule has 0 spiro atoms. The van der Waals surface area contributed by atoms with Crippen molar-refractivity contribution in [3.8, 4) is 17.5 Å². The Morgan fingerprint density at radius 3 is 2.52 bits per heavy atom. The van der Waals surface area contributed by atoms with Gasteiger partial charge in [-0.25, -0.2) is 4.98 Å². The standard InChI is InChI=1S/C19H21N3O/c20-13-16-14-7-2-3-8-15(14)18(17-9-6-12-23-17)21-19(16)22-10-4-1-5-11-22/h6,9,12H,1-5,7-8,10-11H2/p+1. The number of hydrogen-bond donors (Lipinski definition) is 0. The number of aromatic amines is 1. The van der Waals surface area contributed by atoms with Crippen LogP contribution in [0.2, 0.25) is 0 Å². The molecule has 0 unspecified atom stereocenters. The maximum atomic E-state index is 9.81. The third kappa shape index (κ3) is 2.50. The van der Waals surface area contributed by atoms with Crippen LogP contribution >= 0.6 is 0 Å². The van der Waals surface area contributed by atoms with Gasteiger partial charge in [-0.3, -0.25) is 4.90 Å². The number of pyridine rings is 1. The fraction of sp³-hybridized carbons (Fsp3) is 0.474. The SMILES string of the molecule is N#Cc1c(N2CCCCC2)[nH+]c(-c2ccco2)c2c1CCCC2. The van der Waals surface area contributed by atoms with E-state index in [-0.39, 0.29) is 0 Å². The largest absolute Gasteiger partial charge is 0.461 e. The molecule has 1 aliphatic carbocycles. The van der Waals surface area contributed by atoms with E-state index in [1.807, 2.05) is 12.1 Å². The van der Waals surface area contributed by atoms with E-state index in [0.29, 0.717) is 0 Å². The van der Waals surface area contributed by atoms with E-state index in [2.05, 4.69) is 16.0 Å². The minimum atomic E-state index is 0.858. The van der Waals surface area contributed by atoms with Gasteiger partial charge in [0.25, 0.3) is 5.82 Å². The molecule has 4 nitrogen and oxygen atoms in total. The van der Waals surface area contributed by atoms with Crippen LogP contribution in [0.3, 0.4) is 0 Å². The summed E-state index contributed by atoms with van der Waals surface area (Å²) in [5.41, 5.74) is 4.45. The third-order valence-corrected chi connectivity index (χ3v) is 5.10. The Morgan fingerprint density at radius 2 is 1.83 bits per heavy atom. The van der Waals surface area contributed by atoms with E-state index in [1.165, 1.54) is 43.2 Å². The predicted molar refractivity (Wildman–Crippen MR) is 88.1 cm³/mol. The van der Waals surface area contributed by atoms with Gasteiger partial charge < -0.3 is 4.42 Å².